The number of rotatable bonds is 8. The summed E-state index contributed by atoms with van der Waals surface area (Å²) in [4.78, 5) is 4.86. The average Bonchev–Trinajstić information content (AvgIpc) is 2.62. The van der Waals surface area contributed by atoms with Gasteiger partial charge in [0.25, 0.3) is 11.5 Å². The van der Waals surface area contributed by atoms with Gasteiger partial charge in [-0.05, 0) is 30.0 Å². The molecule has 0 amide bonds. The maximum absolute atomic E-state index is 11.8. The molecular formula is C18H20N4O3. The monoisotopic (exact) mass is 340 g/mol. The number of aromatic nitrogens is 3. The topological polar surface area (TPSA) is 83.2 Å². The van der Waals surface area contributed by atoms with Crippen molar-refractivity contribution < 1.29 is 14.3 Å². The summed E-state index contributed by atoms with van der Waals surface area (Å²) in [5.74, 6) is 1.12. The fraction of sp³-hybridized carbons (Fsp3) is 0.278. The van der Waals surface area contributed by atoms with Gasteiger partial charge in [-0.3, -0.25) is 0 Å². The molecule has 0 aliphatic rings. The summed E-state index contributed by atoms with van der Waals surface area (Å²) in [5.41, 5.74) is 2.24. The van der Waals surface area contributed by atoms with Crippen LogP contribution in [-0.4, -0.2) is 36.4 Å². The smallest absolute Gasteiger partial charge is 0.290 e. The minimum Gasteiger partial charge on any atom is -0.594 e. The second kappa shape index (κ2) is 8.25. The Hall–Kier alpha value is -2.93. The van der Waals surface area contributed by atoms with E-state index in [2.05, 4.69) is 15.4 Å². The zero-order valence-electron chi connectivity index (χ0n) is 14.0. The first-order valence-corrected chi connectivity index (χ1v) is 8.10. The van der Waals surface area contributed by atoms with Crippen molar-refractivity contribution in [3.05, 3.63) is 59.3 Å². The van der Waals surface area contributed by atoms with Gasteiger partial charge in [-0.25, -0.2) is 4.98 Å². The number of para-hydroxylation sites is 2. The molecule has 0 aliphatic carbocycles. The zero-order chi connectivity index (χ0) is 17.5. The van der Waals surface area contributed by atoms with Gasteiger partial charge in [0.1, 0.15) is 17.9 Å². The van der Waals surface area contributed by atoms with Gasteiger partial charge in [-0.15, -0.1) is 0 Å². The first-order chi connectivity index (χ1) is 12.2. The summed E-state index contributed by atoms with van der Waals surface area (Å²) in [6.45, 7) is 3.97. The largest absolute Gasteiger partial charge is 0.594 e. The Morgan fingerprint density at radius 3 is 2.68 bits per heavy atom. The summed E-state index contributed by atoms with van der Waals surface area (Å²) in [5, 5.41) is 18.6. The third-order valence-electron chi connectivity index (χ3n) is 3.55. The highest BCUT2D eigenvalue weighted by Gasteiger charge is 2.09. The second-order valence-electron chi connectivity index (χ2n) is 5.50. The van der Waals surface area contributed by atoms with Gasteiger partial charge in [-0.1, -0.05) is 29.8 Å². The van der Waals surface area contributed by atoms with Crippen molar-refractivity contribution in [3.8, 4) is 5.75 Å². The zero-order valence-corrected chi connectivity index (χ0v) is 14.0. The predicted octanol–water partition coefficient (Wildman–Crippen LogP) is 2.08. The molecule has 0 bridgehead atoms. The SMILES string of the molecule is Cc1ccc(OCCOCCNc2nc3ccccc3[n+]([O-])n2)cc1. The van der Waals surface area contributed by atoms with Crippen molar-refractivity contribution in [3.63, 3.8) is 0 Å². The van der Waals surface area contributed by atoms with E-state index >= 15 is 0 Å². The Kier molecular flexibility index (Phi) is 5.58. The van der Waals surface area contributed by atoms with Crippen LogP contribution in [0, 0.1) is 12.1 Å². The molecule has 0 spiro atoms. The molecule has 130 valence electrons. The average molecular weight is 340 g/mol. The first kappa shape index (κ1) is 16.9. The van der Waals surface area contributed by atoms with Gasteiger partial charge in [0, 0.05) is 12.6 Å². The molecule has 0 saturated carbocycles. The highest BCUT2D eigenvalue weighted by atomic mass is 16.5. The van der Waals surface area contributed by atoms with E-state index in [-0.39, 0.29) is 5.95 Å². The fourth-order valence-corrected chi connectivity index (χ4v) is 2.26. The van der Waals surface area contributed by atoms with Crippen molar-refractivity contribution in [2.75, 3.05) is 31.7 Å². The van der Waals surface area contributed by atoms with E-state index in [9.17, 15) is 5.21 Å². The number of nitrogens with zero attached hydrogens (tertiary/aromatic N) is 3. The van der Waals surface area contributed by atoms with Gasteiger partial charge in [0.2, 0.25) is 0 Å². The molecular weight excluding hydrogens is 320 g/mol. The first-order valence-electron chi connectivity index (χ1n) is 8.10. The van der Waals surface area contributed by atoms with E-state index in [0.29, 0.717) is 42.2 Å². The highest BCUT2D eigenvalue weighted by molar-refractivity contribution is 5.71. The van der Waals surface area contributed by atoms with E-state index in [1.807, 2.05) is 37.3 Å². The molecule has 0 radical (unpaired) electrons. The van der Waals surface area contributed by atoms with Crippen LogP contribution in [0.1, 0.15) is 5.56 Å². The van der Waals surface area contributed by atoms with Crippen molar-refractivity contribution in [1.29, 1.82) is 0 Å². The highest BCUT2D eigenvalue weighted by Crippen LogP contribution is 2.11. The summed E-state index contributed by atoms with van der Waals surface area (Å²) < 4.78 is 11.1. The normalized spacial score (nSPS) is 10.8. The van der Waals surface area contributed by atoms with Crippen LogP contribution < -0.4 is 14.9 Å². The van der Waals surface area contributed by atoms with Crippen molar-refractivity contribution in [1.82, 2.24) is 10.1 Å². The van der Waals surface area contributed by atoms with Crippen LogP contribution in [0.2, 0.25) is 0 Å². The van der Waals surface area contributed by atoms with Gasteiger partial charge in [0.15, 0.2) is 0 Å². The van der Waals surface area contributed by atoms with Crippen LogP contribution in [0.25, 0.3) is 11.0 Å². The number of ether oxygens (including phenoxy) is 2. The molecule has 0 fully saturated rings. The summed E-state index contributed by atoms with van der Waals surface area (Å²) in [6.07, 6.45) is 0. The van der Waals surface area contributed by atoms with Crippen LogP contribution in [0.3, 0.4) is 0 Å². The van der Waals surface area contributed by atoms with Gasteiger partial charge >= 0.3 is 0 Å². The maximum Gasteiger partial charge on any atom is 0.290 e. The summed E-state index contributed by atoms with van der Waals surface area (Å²) >= 11 is 0. The van der Waals surface area contributed by atoms with Crippen LogP contribution in [0.5, 0.6) is 5.75 Å². The Labute approximate surface area is 145 Å². The molecule has 1 aromatic heterocycles. The van der Waals surface area contributed by atoms with E-state index < -0.39 is 0 Å². The number of benzene rings is 2. The minimum atomic E-state index is 0.285. The van der Waals surface area contributed by atoms with Crippen LogP contribution in [0.15, 0.2) is 48.5 Å². The molecule has 7 nitrogen and oxygen atoms in total. The Morgan fingerprint density at radius 1 is 1.04 bits per heavy atom. The van der Waals surface area contributed by atoms with Crippen LogP contribution >= 0.6 is 0 Å². The quantitative estimate of drug-likeness (QED) is 0.384. The molecule has 7 heteroatoms. The molecule has 3 rings (SSSR count). The Morgan fingerprint density at radius 2 is 1.84 bits per heavy atom. The van der Waals surface area contributed by atoms with E-state index in [0.717, 1.165) is 5.75 Å². The molecule has 0 atom stereocenters. The molecule has 1 heterocycles. The fourth-order valence-electron chi connectivity index (χ4n) is 2.26. The lowest BCUT2D eigenvalue weighted by Gasteiger charge is -2.08. The van der Waals surface area contributed by atoms with Crippen molar-refractivity contribution >= 4 is 17.0 Å². The van der Waals surface area contributed by atoms with Crippen LogP contribution in [0.4, 0.5) is 5.95 Å². The van der Waals surface area contributed by atoms with Gasteiger partial charge in [-0.2, -0.15) is 0 Å². The third-order valence-corrected chi connectivity index (χ3v) is 3.55. The molecule has 3 aromatic rings. The second-order valence-corrected chi connectivity index (χ2v) is 5.50. The lowest BCUT2D eigenvalue weighted by Crippen LogP contribution is -2.33. The van der Waals surface area contributed by atoms with Gasteiger partial charge in [0.05, 0.1) is 18.3 Å². The number of aryl methyl sites for hydroxylation is 1. The lowest BCUT2D eigenvalue weighted by molar-refractivity contribution is -0.641. The van der Waals surface area contributed by atoms with Gasteiger partial charge < -0.3 is 20.0 Å². The lowest BCUT2D eigenvalue weighted by atomic mass is 10.2. The number of anilines is 1. The minimum absolute atomic E-state index is 0.285. The molecule has 25 heavy (non-hydrogen) atoms. The summed E-state index contributed by atoms with van der Waals surface area (Å²) in [7, 11) is 0. The number of hydrogen-bond acceptors (Lipinski definition) is 6. The maximum atomic E-state index is 11.8. The standard InChI is InChI=1S/C18H20N4O3/c1-14-6-8-15(9-7-14)25-13-12-24-11-10-19-18-20-16-4-2-3-5-17(16)22(23)21-18/h2-9H,10-13H2,1H3,(H,19,20,21). The molecule has 0 saturated heterocycles. The number of fused-ring (bicyclic) bond motifs is 1. The van der Waals surface area contributed by atoms with E-state index in [1.165, 1.54) is 5.56 Å². The number of nitrogens with one attached hydrogen (secondary N) is 1. The van der Waals surface area contributed by atoms with E-state index in [1.54, 1.807) is 18.2 Å². The van der Waals surface area contributed by atoms with Crippen molar-refractivity contribution in [2.24, 2.45) is 0 Å². The van der Waals surface area contributed by atoms with Crippen LogP contribution in [-0.2, 0) is 4.74 Å². The molecule has 1 N–H and O–H groups in total. The molecule has 2 aromatic carbocycles. The molecule has 0 unspecified atom stereocenters. The van der Waals surface area contributed by atoms with E-state index in [4.69, 9.17) is 9.47 Å². The Balaban J connectivity index is 1.36. The number of hydrogen-bond donors (Lipinski definition) is 1. The molecule has 0 aliphatic heterocycles. The predicted molar refractivity (Wildman–Crippen MR) is 94.5 cm³/mol. The third kappa shape index (κ3) is 4.77. The van der Waals surface area contributed by atoms with Crippen molar-refractivity contribution in [2.45, 2.75) is 6.92 Å². The summed E-state index contributed by atoms with van der Waals surface area (Å²) in [6, 6.07) is 14.9. The Bertz CT molecular complexity index is 824.